The zero-order valence-electron chi connectivity index (χ0n) is 23.8. The van der Waals surface area contributed by atoms with Gasteiger partial charge in [-0.15, -0.1) is 0 Å². The Morgan fingerprint density at radius 3 is 2.40 bits per heavy atom. The fraction of sp³-hybridized carbons (Fsp3) is 0.219. The summed E-state index contributed by atoms with van der Waals surface area (Å²) in [5.74, 6) is 1.10. The first-order valence-corrected chi connectivity index (χ1v) is 13.8. The molecule has 0 radical (unpaired) electrons. The molecule has 4 aromatic rings. The summed E-state index contributed by atoms with van der Waals surface area (Å²) in [6.07, 6.45) is 0.567. The molecule has 1 unspecified atom stereocenters. The summed E-state index contributed by atoms with van der Waals surface area (Å²) >= 11 is 6.65. The van der Waals surface area contributed by atoms with Gasteiger partial charge in [-0.3, -0.25) is 9.59 Å². The van der Waals surface area contributed by atoms with E-state index in [2.05, 4.69) is 15.6 Å². The van der Waals surface area contributed by atoms with Crippen molar-refractivity contribution in [2.24, 2.45) is 0 Å². The number of aromatic nitrogens is 1. The van der Waals surface area contributed by atoms with Gasteiger partial charge < -0.3 is 29.7 Å². The molecule has 11 heteroatoms. The summed E-state index contributed by atoms with van der Waals surface area (Å²) in [7, 11) is 4.73. The van der Waals surface area contributed by atoms with Crippen molar-refractivity contribution in [3.05, 3.63) is 111 Å². The van der Waals surface area contributed by atoms with Crippen LogP contribution in [-0.4, -0.2) is 43.5 Å². The normalized spacial score (nSPS) is 13.8. The van der Waals surface area contributed by atoms with E-state index in [1.165, 1.54) is 18.2 Å². The lowest BCUT2D eigenvalue weighted by Gasteiger charge is -2.27. The van der Waals surface area contributed by atoms with E-state index in [0.717, 1.165) is 11.1 Å². The minimum absolute atomic E-state index is 0.106. The fourth-order valence-electron chi connectivity index (χ4n) is 5.17. The van der Waals surface area contributed by atoms with Crippen LogP contribution in [0.5, 0.6) is 17.2 Å². The maximum absolute atomic E-state index is 14.7. The maximum Gasteiger partial charge on any atom is 0.274 e. The van der Waals surface area contributed by atoms with Gasteiger partial charge in [0.2, 0.25) is 6.41 Å². The van der Waals surface area contributed by atoms with E-state index >= 15 is 0 Å². The van der Waals surface area contributed by atoms with Gasteiger partial charge in [-0.05, 0) is 54.1 Å². The number of pyridine rings is 1. The van der Waals surface area contributed by atoms with E-state index in [-0.39, 0.29) is 24.7 Å². The van der Waals surface area contributed by atoms with Gasteiger partial charge in [0.25, 0.3) is 5.91 Å². The second kappa shape index (κ2) is 13.0. The number of halogens is 2. The fourth-order valence-corrected chi connectivity index (χ4v) is 5.39. The van der Waals surface area contributed by atoms with E-state index in [0.29, 0.717) is 57.7 Å². The van der Waals surface area contributed by atoms with Crippen molar-refractivity contribution in [2.45, 2.75) is 25.7 Å². The van der Waals surface area contributed by atoms with E-state index < -0.39 is 11.9 Å². The average molecular weight is 605 g/mol. The standard InChI is InChI=1S/C32H30ClFN4O5/c1-41-23-8-4-19(5-9-23)17-38-31(25-12-21(34)7-11-26(25)33)29-27(13-22(16-35-18-39)37-30(29)32(38)40)36-15-20-6-10-24(42-2)14-28(20)43-3/h4-14,18,31H,15-17H2,1-3H3,(H,35,39)(H,36,37). The number of fused-ring (bicyclic) bond motifs is 1. The largest absolute Gasteiger partial charge is 0.497 e. The predicted molar refractivity (Wildman–Crippen MR) is 160 cm³/mol. The van der Waals surface area contributed by atoms with Crippen LogP contribution in [0.2, 0.25) is 5.02 Å². The Hall–Kier alpha value is -4.83. The summed E-state index contributed by atoms with van der Waals surface area (Å²) in [6.45, 7) is 0.624. The highest BCUT2D eigenvalue weighted by atomic mass is 35.5. The lowest BCUT2D eigenvalue weighted by atomic mass is 9.97. The summed E-state index contributed by atoms with van der Waals surface area (Å²) in [4.78, 5) is 31.4. The first kappa shape index (κ1) is 29.7. The maximum atomic E-state index is 14.7. The molecule has 0 bridgehead atoms. The zero-order chi connectivity index (χ0) is 30.5. The van der Waals surface area contributed by atoms with Crippen LogP contribution in [-0.2, 0) is 24.4 Å². The minimum atomic E-state index is -0.756. The molecule has 1 aliphatic heterocycles. The predicted octanol–water partition coefficient (Wildman–Crippen LogP) is 5.50. The molecule has 2 heterocycles. The highest BCUT2D eigenvalue weighted by Gasteiger charge is 2.42. The third-order valence-electron chi connectivity index (χ3n) is 7.25. The number of nitrogens with one attached hydrogen (secondary N) is 2. The first-order valence-electron chi connectivity index (χ1n) is 13.4. The molecule has 1 aliphatic rings. The van der Waals surface area contributed by atoms with Gasteiger partial charge in [0.05, 0.1) is 39.6 Å². The van der Waals surface area contributed by atoms with Crippen molar-refractivity contribution >= 4 is 29.6 Å². The molecule has 5 rings (SSSR count). The number of hydrogen-bond acceptors (Lipinski definition) is 7. The zero-order valence-corrected chi connectivity index (χ0v) is 24.6. The van der Waals surface area contributed by atoms with Gasteiger partial charge in [-0.2, -0.15) is 0 Å². The number of benzene rings is 3. The van der Waals surface area contributed by atoms with Gasteiger partial charge >= 0.3 is 0 Å². The van der Waals surface area contributed by atoms with Crippen LogP contribution in [0.15, 0.2) is 66.7 Å². The SMILES string of the molecule is COc1ccc(CN2C(=O)c3nc(CNC=O)cc(NCc4ccc(OC)cc4OC)c3C2c2cc(F)ccc2Cl)cc1. The van der Waals surface area contributed by atoms with Crippen molar-refractivity contribution < 1.29 is 28.2 Å². The number of carbonyl (C=O) groups excluding carboxylic acids is 2. The van der Waals surface area contributed by atoms with Crippen LogP contribution < -0.4 is 24.8 Å². The van der Waals surface area contributed by atoms with Crippen LogP contribution in [0, 0.1) is 5.82 Å². The van der Waals surface area contributed by atoms with E-state index in [1.54, 1.807) is 38.4 Å². The molecule has 3 aromatic carbocycles. The molecule has 2 N–H and O–H groups in total. The molecule has 2 amide bonds. The van der Waals surface area contributed by atoms with Crippen molar-refractivity contribution in [3.8, 4) is 17.2 Å². The van der Waals surface area contributed by atoms with Crippen molar-refractivity contribution in [2.75, 3.05) is 26.6 Å². The lowest BCUT2D eigenvalue weighted by molar-refractivity contribution is -0.109. The Balaban J connectivity index is 1.62. The van der Waals surface area contributed by atoms with E-state index in [9.17, 15) is 14.0 Å². The number of rotatable bonds is 12. The Kier molecular flexibility index (Phi) is 8.96. The molecule has 0 saturated heterocycles. The first-order chi connectivity index (χ1) is 20.9. The molecule has 1 atom stereocenters. The molecule has 0 aliphatic carbocycles. The highest BCUT2D eigenvalue weighted by molar-refractivity contribution is 6.31. The molecular weight excluding hydrogens is 575 g/mol. The van der Waals surface area contributed by atoms with Crippen LogP contribution >= 0.6 is 11.6 Å². The molecule has 9 nitrogen and oxygen atoms in total. The molecular formula is C32H30ClFN4O5. The van der Waals surface area contributed by atoms with Crippen molar-refractivity contribution in [1.29, 1.82) is 0 Å². The number of nitrogens with zero attached hydrogens (tertiary/aromatic N) is 2. The van der Waals surface area contributed by atoms with Gasteiger partial charge in [0, 0.05) is 46.6 Å². The monoisotopic (exact) mass is 604 g/mol. The second-order valence-electron chi connectivity index (χ2n) is 9.80. The minimum Gasteiger partial charge on any atom is -0.497 e. The average Bonchev–Trinajstić information content (AvgIpc) is 3.30. The van der Waals surface area contributed by atoms with Crippen LogP contribution in [0.25, 0.3) is 0 Å². The molecule has 222 valence electrons. The van der Waals surface area contributed by atoms with Crippen molar-refractivity contribution in [1.82, 2.24) is 15.2 Å². The third kappa shape index (κ3) is 6.19. The number of hydrogen-bond donors (Lipinski definition) is 2. The summed E-state index contributed by atoms with van der Waals surface area (Å²) in [6, 6.07) is 17.9. The number of methoxy groups -OCH3 is 3. The van der Waals surface area contributed by atoms with Crippen LogP contribution in [0.1, 0.15) is 44.5 Å². The highest BCUT2D eigenvalue weighted by Crippen LogP contribution is 2.45. The quantitative estimate of drug-likeness (QED) is 0.206. The number of amides is 2. The Bertz CT molecular complexity index is 1650. The van der Waals surface area contributed by atoms with Crippen LogP contribution in [0.3, 0.4) is 0 Å². The molecule has 0 fully saturated rings. The molecule has 0 saturated carbocycles. The van der Waals surface area contributed by atoms with E-state index in [1.807, 2.05) is 36.4 Å². The topological polar surface area (TPSA) is 102 Å². The number of carbonyl (C=O) groups is 2. The summed E-state index contributed by atoms with van der Waals surface area (Å²) in [5, 5.41) is 6.35. The van der Waals surface area contributed by atoms with Crippen molar-refractivity contribution in [3.63, 3.8) is 0 Å². The summed E-state index contributed by atoms with van der Waals surface area (Å²) < 4.78 is 30.8. The molecule has 0 spiro atoms. The van der Waals surface area contributed by atoms with Gasteiger partial charge in [0.1, 0.15) is 28.8 Å². The number of anilines is 1. The van der Waals surface area contributed by atoms with Gasteiger partial charge in [-0.25, -0.2) is 9.37 Å². The molecule has 43 heavy (non-hydrogen) atoms. The van der Waals surface area contributed by atoms with Crippen LogP contribution in [0.4, 0.5) is 10.1 Å². The summed E-state index contributed by atoms with van der Waals surface area (Å²) in [5.41, 5.74) is 3.88. The Labute approximate surface area is 253 Å². The Morgan fingerprint density at radius 1 is 0.953 bits per heavy atom. The third-order valence-corrected chi connectivity index (χ3v) is 7.60. The molecule has 1 aromatic heterocycles. The van der Waals surface area contributed by atoms with E-state index in [4.69, 9.17) is 25.8 Å². The smallest absolute Gasteiger partial charge is 0.274 e. The van der Waals surface area contributed by atoms with Gasteiger partial charge in [-0.1, -0.05) is 23.7 Å². The lowest BCUT2D eigenvalue weighted by Crippen LogP contribution is -2.29. The Morgan fingerprint density at radius 2 is 1.70 bits per heavy atom. The van der Waals surface area contributed by atoms with Gasteiger partial charge in [0.15, 0.2) is 0 Å². The second-order valence-corrected chi connectivity index (χ2v) is 10.2. The number of ether oxygens (including phenoxy) is 3.